The van der Waals surface area contributed by atoms with E-state index in [1.54, 1.807) is 25.3 Å². The normalized spacial score (nSPS) is 10.9. The van der Waals surface area contributed by atoms with E-state index in [1.807, 2.05) is 34.6 Å². The van der Waals surface area contributed by atoms with E-state index in [1.165, 1.54) is 0 Å². The third kappa shape index (κ3) is 3.92. The Morgan fingerprint density at radius 2 is 2.04 bits per heavy atom. The second-order valence-corrected chi connectivity index (χ2v) is 6.49. The SMILES string of the molecule is COc1c(C)cnc(CN(C)C(=O)Nc2c(C)noc2C(C)C)c1C. The zero-order valence-corrected chi connectivity index (χ0v) is 15.9. The highest BCUT2D eigenvalue weighted by Gasteiger charge is 2.21. The number of rotatable bonds is 5. The molecule has 0 bridgehead atoms. The molecule has 0 saturated carbocycles. The highest BCUT2D eigenvalue weighted by atomic mass is 16.5. The number of hydrogen-bond donors (Lipinski definition) is 1. The Morgan fingerprint density at radius 1 is 1.36 bits per heavy atom. The molecular weight excluding hydrogens is 320 g/mol. The van der Waals surface area contributed by atoms with Gasteiger partial charge < -0.3 is 19.5 Å². The quantitative estimate of drug-likeness (QED) is 0.891. The van der Waals surface area contributed by atoms with Crippen molar-refractivity contribution in [2.75, 3.05) is 19.5 Å². The lowest BCUT2D eigenvalue weighted by Crippen LogP contribution is -2.32. The Hall–Kier alpha value is -2.57. The molecule has 0 spiro atoms. The minimum Gasteiger partial charge on any atom is -0.496 e. The molecule has 136 valence electrons. The number of aromatic nitrogens is 2. The average Bonchev–Trinajstić information content (AvgIpc) is 2.91. The lowest BCUT2D eigenvalue weighted by Gasteiger charge is -2.20. The first-order chi connectivity index (χ1) is 11.8. The maximum atomic E-state index is 12.6. The Labute approximate surface area is 148 Å². The van der Waals surface area contributed by atoms with Crippen molar-refractivity contribution < 1.29 is 14.1 Å². The van der Waals surface area contributed by atoms with Crippen LogP contribution in [0.1, 0.15) is 48.0 Å². The van der Waals surface area contributed by atoms with Gasteiger partial charge in [0.25, 0.3) is 0 Å². The number of nitrogens with one attached hydrogen (secondary N) is 1. The molecule has 7 heteroatoms. The number of anilines is 1. The fourth-order valence-corrected chi connectivity index (χ4v) is 2.66. The number of aryl methyl sites for hydroxylation is 2. The van der Waals surface area contributed by atoms with Gasteiger partial charge in [0.15, 0.2) is 5.76 Å². The zero-order chi connectivity index (χ0) is 18.7. The Morgan fingerprint density at radius 3 is 2.64 bits per heavy atom. The number of hydrogen-bond acceptors (Lipinski definition) is 5. The van der Waals surface area contributed by atoms with Gasteiger partial charge in [-0.25, -0.2) is 4.79 Å². The molecule has 0 radical (unpaired) electrons. The number of nitrogens with zero attached hydrogens (tertiary/aromatic N) is 3. The van der Waals surface area contributed by atoms with Gasteiger partial charge in [-0.3, -0.25) is 4.98 Å². The summed E-state index contributed by atoms with van der Waals surface area (Å²) in [7, 11) is 3.36. The van der Waals surface area contributed by atoms with Gasteiger partial charge in [-0.2, -0.15) is 0 Å². The summed E-state index contributed by atoms with van der Waals surface area (Å²) >= 11 is 0. The second kappa shape index (κ2) is 7.55. The average molecular weight is 346 g/mol. The summed E-state index contributed by atoms with van der Waals surface area (Å²) < 4.78 is 10.7. The third-order valence-electron chi connectivity index (χ3n) is 4.13. The van der Waals surface area contributed by atoms with E-state index >= 15 is 0 Å². The predicted octanol–water partition coefficient (Wildman–Crippen LogP) is 3.79. The van der Waals surface area contributed by atoms with Gasteiger partial charge in [0.2, 0.25) is 0 Å². The lowest BCUT2D eigenvalue weighted by molar-refractivity contribution is 0.220. The first-order valence-electron chi connectivity index (χ1n) is 8.23. The summed E-state index contributed by atoms with van der Waals surface area (Å²) in [5.74, 6) is 1.61. The molecule has 7 nitrogen and oxygen atoms in total. The molecule has 0 aliphatic heterocycles. The Bertz CT molecular complexity index is 768. The van der Waals surface area contributed by atoms with Crippen LogP contribution >= 0.6 is 0 Å². The monoisotopic (exact) mass is 346 g/mol. The fourth-order valence-electron chi connectivity index (χ4n) is 2.66. The number of methoxy groups -OCH3 is 1. The topological polar surface area (TPSA) is 80.5 Å². The second-order valence-electron chi connectivity index (χ2n) is 6.49. The molecule has 1 N–H and O–H groups in total. The summed E-state index contributed by atoms with van der Waals surface area (Å²) in [6.45, 7) is 10.1. The van der Waals surface area contributed by atoms with Crippen LogP contribution in [-0.2, 0) is 6.54 Å². The number of pyridine rings is 1. The third-order valence-corrected chi connectivity index (χ3v) is 4.13. The minimum absolute atomic E-state index is 0.132. The smallest absolute Gasteiger partial charge is 0.322 e. The van der Waals surface area contributed by atoms with E-state index in [-0.39, 0.29) is 11.9 Å². The van der Waals surface area contributed by atoms with E-state index in [9.17, 15) is 4.79 Å². The summed E-state index contributed by atoms with van der Waals surface area (Å²) in [6, 6.07) is -0.242. The van der Waals surface area contributed by atoms with Gasteiger partial charge in [-0.1, -0.05) is 19.0 Å². The molecule has 0 aromatic carbocycles. The van der Waals surface area contributed by atoms with Crippen molar-refractivity contribution in [3.05, 3.63) is 34.5 Å². The lowest BCUT2D eigenvalue weighted by atomic mass is 10.1. The zero-order valence-electron chi connectivity index (χ0n) is 15.9. The van der Waals surface area contributed by atoms with Crippen molar-refractivity contribution >= 4 is 11.7 Å². The van der Waals surface area contributed by atoms with E-state index in [0.29, 0.717) is 23.7 Å². The highest BCUT2D eigenvalue weighted by molar-refractivity contribution is 5.90. The van der Waals surface area contributed by atoms with Crippen molar-refractivity contribution in [1.29, 1.82) is 0 Å². The van der Waals surface area contributed by atoms with Gasteiger partial charge in [0.05, 0.1) is 19.3 Å². The molecule has 0 saturated heterocycles. The number of amides is 2. The minimum atomic E-state index is -0.242. The van der Waals surface area contributed by atoms with Crippen LogP contribution in [0.5, 0.6) is 5.75 Å². The summed E-state index contributed by atoms with van der Waals surface area (Å²) in [6.07, 6.45) is 1.76. The number of urea groups is 1. The van der Waals surface area contributed by atoms with Crippen LogP contribution in [0.3, 0.4) is 0 Å². The molecule has 0 aliphatic rings. The number of ether oxygens (including phenoxy) is 1. The molecule has 25 heavy (non-hydrogen) atoms. The standard InChI is InChI=1S/C18H26N4O3/c1-10(2)16-15(13(5)21-25-16)20-18(23)22(6)9-14-12(4)17(24-7)11(3)8-19-14/h8,10H,9H2,1-7H3,(H,20,23). The van der Waals surface area contributed by atoms with Crippen LogP contribution < -0.4 is 10.1 Å². The van der Waals surface area contributed by atoms with Gasteiger partial charge in [-0.05, 0) is 20.8 Å². The van der Waals surface area contributed by atoms with Crippen LogP contribution in [-0.4, -0.2) is 35.2 Å². The predicted molar refractivity (Wildman–Crippen MR) is 96.1 cm³/mol. The van der Waals surface area contributed by atoms with Gasteiger partial charge in [0.1, 0.15) is 17.1 Å². The summed E-state index contributed by atoms with van der Waals surface area (Å²) in [5.41, 5.74) is 4.00. The van der Waals surface area contributed by atoms with Crippen molar-refractivity contribution in [2.45, 2.75) is 47.1 Å². The van der Waals surface area contributed by atoms with Crippen LogP contribution in [0.4, 0.5) is 10.5 Å². The molecular formula is C18H26N4O3. The Balaban J connectivity index is 2.16. The first kappa shape index (κ1) is 18.8. The van der Waals surface area contributed by atoms with Gasteiger partial charge in [0, 0.05) is 30.3 Å². The molecule has 0 aliphatic carbocycles. The van der Waals surface area contributed by atoms with Crippen molar-refractivity contribution in [1.82, 2.24) is 15.0 Å². The van der Waals surface area contributed by atoms with Gasteiger partial charge in [-0.15, -0.1) is 0 Å². The largest absolute Gasteiger partial charge is 0.496 e. The van der Waals surface area contributed by atoms with Crippen molar-refractivity contribution in [2.24, 2.45) is 0 Å². The molecule has 2 rings (SSSR count). The van der Waals surface area contributed by atoms with E-state index in [0.717, 1.165) is 22.6 Å². The molecule has 2 aromatic heterocycles. The molecule has 0 fully saturated rings. The van der Waals surface area contributed by atoms with Crippen LogP contribution in [0.25, 0.3) is 0 Å². The highest BCUT2D eigenvalue weighted by Crippen LogP contribution is 2.28. The van der Waals surface area contributed by atoms with Gasteiger partial charge >= 0.3 is 6.03 Å². The fraction of sp³-hybridized carbons (Fsp3) is 0.500. The van der Waals surface area contributed by atoms with Crippen LogP contribution in [0.2, 0.25) is 0 Å². The maximum Gasteiger partial charge on any atom is 0.322 e. The molecule has 0 atom stereocenters. The van der Waals surface area contributed by atoms with E-state index in [4.69, 9.17) is 9.26 Å². The van der Waals surface area contributed by atoms with E-state index in [2.05, 4.69) is 15.5 Å². The molecule has 2 aromatic rings. The van der Waals surface area contributed by atoms with Crippen molar-refractivity contribution in [3.63, 3.8) is 0 Å². The molecule has 2 amide bonds. The van der Waals surface area contributed by atoms with Crippen LogP contribution in [0.15, 0.2) is 10.7 Å². The first-order valence-corrected chi connectivity index (χ1v) is 8.23. The van der Waals surface area contributed by atoms with Crippen molar-refractivity contribution in [3.8, 4) is 5.75 Å². The summed E-state index contributed by atoms with van der Waals surface area (Å²) in [4.78, 5) is 18.6. The number of carbonyl (C=O) groups excluding carboxylic acids is 1. The number of carbonyl (C=O) groups is 1. The maximum absolute atomic E-state index is 12.6. The summed E-state index contributed by atoms with van der Waals surface area (Å²) in [5, 5.41) is 6.83. The van der Waals surface area contributed by atoms with E-state index < -0.39 is 0 Å². The Kier molecular flexibility index (Phi) is 5.66. The molecule has 0 unspecified atom stereocenters. The molecule has 2 heterocycles. The van der Waals surface area contributed by atoms with Crippen LogP contribution in [0, 0.1) is 20.8 Å².